The number of carbonyl (C=O) groups is 2. The predicted octanol–water partition coefficient (Wildman–Crippen LogP) is 2.83. The molecule has 3 rings (SSSR count). The van der Waals surface area contributed by atoms with Crippen LogP contribution in [-0.2, 0) is 0 Å². The third kappa shape index (κ3) is 1.49. The molecule has 90 valence electrons. The molecule has 0 aromatic heterocycles. The monoisotopic (exact) mass is 303 g/mol. The lowest BCUT2D eigenvalue weighted by atomic mass is 9.94. The van der Waals surface area contributed by atoms with Crippen molar-refractivity contribution in [2.45, 2.75) is 0 Å². The van der Waals surface area contributed by atoms with E-state index in [1.807, 2.05) is 24.3 Å². The van der Waals surface area contributed by atoms with Crippen molar-refractivity contribution in [1.82, 2.24) is 4.90 Å². The van der Waals surface area contributed by atoms with Crippen molar-refractivity contribution in [3.05, 3.63) is 47.5 Å². The Morgan fingerprint density at radius 2 is 1.50 bits per heavy atom. The van der Waals surface area contributed by atoms with Crippen molar-refractivity contribution in [3.63, 3.8) is 0 Å². The number of amides is 2. The summed E-state index contributed by atoms with van der Waals surface area (Å²) in [6, 6.07) is 11.1. The van der Waals surface area contributed by atoms with Gasteiger partial charge in [-0.05, 0) is 17.5 Å². The molecule has 4 heteroatoms. The van der Waals surface area contributed by atoms with E-state index in [9.17, 15) is 9.59 Å². The fourth-order valence-corrected chi connectivity index (χ4v) is 2.72. The first-order chi connectivity index (χ1) is 8.74. The molecule has 0 unspecified atom stereocenters. The SMILES string of the molecule is O=C1c2cccc3cccc(c23)C(=O)N1CCBr. The smallest absolute Gasteiger partial charge is 0.261 e. The molecule has 0 spiro atoms. The lowest BCUT2D eigenvalue weighted by Crippen LogP contribution is -2.41. The maximum Gasteiger partial charge on any atom is 0.261 e. The van der Waals surface area contributed by atoms with Crippen LogP contribution in [0.4, 0.5) is 0 Å². The van der Waals surface area contributed by atoms with Crippen LogP contribution < -0.4 is 0 Å². The zero-order chi connectivity index (χ0) is 12.7. The van der Waals surface area contributed by atoms with E-state index >= 15 is 0 Å². The first-order valence-electron chi connectivity index (χ1n) is 5.68. The van der Waals surface area contributed by atoms with E-state index in [1.165, 1.54) is 4.90 Å². The zero-order valence-corrected chi connectivity index (χ0v) is 11.1. The van der Waals surface area contributed by atoms with Gasteiger partial charge in [0.1, 0.15) is 0 Å². The highest BCUT2D eigenvalue weighted by atomic mass is 79.9. The van der Waals surface area contributed by atoms with Crippen LogP contribution in [0.3, 0.4) is 0 Å². The highest BCUT2D eigenvalue weighted by molar-refractivity contribution is 9.09. The van der Waals surface area contributed by atoms with Crippen LogP contribution in [0.15, 0.2) is 36.4 Å². The minimum atomic E-state index is -0.205. The maximum atomic E-state index is 12.3. The van der Waals surface area contributed by atoms with Gasteiger partial charge < -0.3 is 0 Å². The lowest BCUT2D eigenvalue weighted by Gasteiger charge is -2.26. The van der Waals surface area contributed by atoms with Gasteiger partial charge in [-0.1, -0.05) is 40.2 Å². The van der Waals surface area contributed by atoms with Crippen molar-refractivity contribution in [2.24, 2.45) is 0 Å². The minimum absolute atomic E-state index is 0.205. The first kappa shape index (κ1) is 11.4. The van der Waals surface area contributed by atoms with Gasteiger partial charge in [-0.15, -0.1) is 0 Å². The third-order valence-corrected chi connectivity index (χ3v) is 3.52. The zero-order valence-electron chi connectivity index (χ0n) is 9.52. The topological polar surface area (TPSA) is 37.4 Å². The van der Waals surface area contributed by atoms with E-state index in [0.717, 1.165) is 10.8 Å². The molecule has 3 nitrogen and oxygen atoms in total. The van der Waals surface area contributed by atoms with Crippen molar-refractivity contribution in [2.75, 3.05) is 11.9 Å². The first-order valence-corrected chi connectivity index (χ1v) is 6.80. The summed E-state index contributed by atoms with van der Waals surface area (Å²) in [5, 5.41) is 2.30. The van der Waals surface area contributed by atoms with Crippen molar-refractivity contribution in [1.29, 1.82) is 0 Å². The van der Waals surface area contributed by atoms with E-state index in [-0.39, 0.29) is 11.8 Å². The van der Waals surface area contributed by atoms with Gasteiger partial charge in [0.25, 0.3) is 11.8 Å². The number of nitrogens with zero attached hydrogens (tertiary/aromatic N) is 1. The third-order valence-electron chi connectivity index (χ3n) is 3.16. The number of benzene rings is 2. The number of alkyl halides is 1. The Labute approximate surface area is 113 Å². The second kappa shape index (κ2) is 4.21. The van der Waals surface area contributed by atoms with Crippen LogP contribution in [0.2, 0.25) is 0 Å². The summed E-state index contributed by atoms with van der Waals surface area (Å²) in [6.07, 6.45) is 0. The van der Waals surface area contributed by atoms with Gasteiger partial charge in [-0.25, -0.2) is 0 Å². The second-order valence-corrected chi connectivity index (χ2v) is 4.95. The predicted molar refractivity (Wildman–Crippen MR) is 73.1 cm³/mol. The van der Waals surface area contributed by atoms with Crippen LogP contribution in [0.1, 0.15) is 20.7 Å². The van der Waals surface area contributed by atoms with Crippen molar-refractivity contribution in [3.8, 4) is 0 Å². The van der Waals surface area contributed by atoms with Crippen molar-refractivity contribution >= 4 is 38.5 Å². The van der Waals surface area contributed by atoms with Crippen molar-refractivity contribution < 1.29 is 9.59 Å². The fourth-order valence-electron chi connectivity index (χ4n) is 2.37. The minimum Gasteiger partial charge on any atom is -0.274 e. The van der Waals surface area contributed by atoms with Gasteiger partial charge in [-0.3, -0.25) is 14.5 Å². The molecule has 0 saturated heterocycles. The summed E-state index contributed by atoms with van der Waals surface area (Å²) in [6.45, 7) is 0.391. The number of halogens is 1. The highest BCUT2D eigenvalue weighted by Gasteiger charge is 2.31. The molecule has 0 bridgehead atoms. The van der Waals surface area contributed by atoms with Gasteiger partial charge in [0.05, 0.1) is 0 Å². The molecule has 0 saturated carbocycles. The Morgan fingerprint density at radius 1 is 0.944 bits per heavy atom. The molecule has 2 amide bonds. The van der Waals surface area contributed by atoms with Crippen LogP contribution in [-0.4, -0.2) is 28.6 Å². The summed E-state index contributed by atoms with van der Waals surface area (Å²) in [7, 11) is 0. The van der Waals surface area contributed by atoms with E-state index in [2.05, 4.69) is 15.9 Å². The van der Waals surface area contributed by atoms with E-state index in [0.29, 0.717) is 23.0 Å². The molecular weight excluding hydrogens is 294 g/mol. The van der Waals surface area contributed by atoms with Gasteiger partial charge in [0, 0.05) is 28.4 Å². The molecule has 0 radical (unpaired) electrons. The molecule has 2 aromatic rings. The van der Waals surface area contributed by atoms with Gasteiger partial charge in [-0.2, -0.15) is 0 Å². The molecule has 0 atom stereocenters. The Morgan fingerprint density at radius 3 is 2.00 bits per heavy atom. The van der Waals surface area contributed by atoms with E-state index in [4.69, 9.17) is 0 Å². The average Bonchev–Trinajstić information content (AvgIpc) is 2.40. The van der Waals surface area contributed by atoms with Crippen LogP contribution >= 0.6 is 15.9 Å². The highest BCUT2D eigenvalue weighted by Crippen LogP contribution is 2.29. The Bertz CT molecular complexity index is 615. The molecule has 0 aliphatic carbocycles. The lowest BCUT2D eigenvalue weighted by molar-refractivity contribution is 0.0621. The molecule has 18 heavy (non-hydrogen) atoms. The largest absolute Gasteiger partial charge is 0.274 e. The Kier molecular flexibility index (Phi) is 2.67. The van der Waals surface area contributed by atoms with Crippen LogP contribution in [0, 0.1) is 0 Å². The maximum absolute atomic E-state index is 12.3. The number of hydrogen-bond donors (Lipinski definition) is 0. The summed E-state index contributed by atoms with van der Waals surface area (Å²) in [5.41, 5.74) is 1.23. The molecular formula is C14H10BrNO2. The summed E-state index contributed by atoms with van der Waals surface area (Å²) >= 11 is 3.27. The summed E-state index contributed by atoms with van der Waals surface area (Å²) in [5.74, 6) is -0.410. The Hall–Kier alpha value is -1.68. The number of rotatable bonds is 2. The second-order valence-electron chi connectivity index (χ2n) is 4.16. The average molecular weight is 304 g/mol. The van der Waals surface area contributed by atoms with Crippen LogP contribution in [0.5, 0.6) is 0 Å². The van der Waals surface area contributed by atoms with Gasteiger partial charge >= 0.3 is 0 Å². The molecule has 1 aliphatic heterocycles. The Balaban J connectivity index is 2.32. The standard InChI is InChI=1S/C14H10BrNO2/c15-7-8-16-13(17)10-5-1-3-9-4-2-6-11(12(9)10)14(16)18/h1-6H,7-8H2. The summed E-state index contributed by atoms with van der Waals surface area (Å²) < 4.78 is 0. The molecule has 1 aliphatic rings. The quantitative estimate of drug-likeness (QED) is 0.632. The van der Waals surface area contributed by atoms with E-state index in [1.54, 1.807) is 12.1 Å². The fraction of sp³-hybridized carbons (Fsp3) is 0.143. The van der Waals surface area contributed by atoms with Crippen LogP contribution in [0.25, 0.3) is 10.8 Å². The summed E-state index contributed by atoms with van der Waals surface area (Å²) in [4.78, 5) is 25.9. The normalized spacial score (nSPS) is 14.4. The number of carbonyl (C=O) groups excluding carboxylic acids is 2. The molecule has 2 aromatic carbocycles. The molecule has 0 fully saturated rings. The number of imide groups is 1. The van der Waals surface area contributed by atoms with Gasteiger partial charge in [0.2, 0.25) is 0 Å². The molecule has 0 N–H and O–H groups in total. The van der Waals surface area contributed by atoms with Gasteiger partial charge in [0.15, 0.2) is 0 Å². The number of hydrogen-bond acceptors (Lipinski definition) is 2. The van der Waals surface area contributed by atoms with E-state index < -0.39 is 0 Å². The molecule has 1 heterocycles.